The number of hydrogen-bond donors (Lipinski definition) is 1. The first kappa shape index (κ1) is 21.0. The molecule has 0 aromatic heterocycles. The van der Waals surface area contributed by atoms with Gasteiger partial charge in [-0.1, -0.05) is 25.1 Å². The third kappa shape index (κ3) is 5.04. The van der Waals surface area contributed by atoms with Crippen LogP contribution in [0.2, 0.25) is 0 Å². The van der Waals surface area contributed by atoms with E-state index in [1.54, 1.807) is 4.90 Å². The Bertz CT molecular complexity index is 464. The van der Waals surface area contributed by atoms with E-state index in [4.69, 9.17) is 5.73 Å². The van der Waals surface area contributed by atoms with Crippen molar-refractivity contribution >= 4 is 36.4 Å². The topological polar surface area (TPSA) is 49.6 Å². The standard InChI is InChI=1S/C16H25N3O.2ClH/c1-13(11-17)16(20)18(2)12-14-7-3-4-8-15(14)19-9-5-6-10-19;;/h3-4,7-8,13H,5-6,9-12,17H2,1-2H3;2*1H. The third-order valence-corrected chi connectivity index (χ3v) is 4.00. The second-order valence-corrected chi connectivity index (χ2v) is 5.65. The number of hydrogen-bond acceptors (Lipinski definition) is 3. The van der Waals surface area contributed by atoms with Crippen molar-refractivity contribution in [2.24, 2.45) is 11.7 Å². The number of halogens is 2. The molecule has 0 saturated carbocycles. The van der Waals surface area contributed by atoms with Gasteiger partial charge in [-0.3, -0.25) is 4.79 Å². The molecule has 1 atom stereocenters. The van der Waals surface area contributed by atoms with Gasteiger partial charge in [0.25, 0.3) is 0 Å². The van der Waals surface area contributed by atoms with Crippen molar-refractivity contribution < 1.29 is 4.79 Å². The summed E-state index contributed by atoms with van der Waals surface area (Å²) in [6, 6.07) is 8.39. The molecule has 22 heavy (non-hydrogen) atoms. The van der Waals surface area contributed by atoms with Crippen molar-refractivity contribution in [3.8, 4) is 0 Å². The van der Waals surface area contributed by atoms with E-state index < -0.39 is 0 Å². The zero-order valence-electron chi connectivity index (χ0n) is 13.3. The minimum absolute atomic E-state index is 0. The lowest BCUT2D eigenvalue weighted by atomic mass is 10.1. The Hall–Kier alpha value is -0.970. The summed E-state index contributed by atoms with van der Waals surface area (Å²) in [4.78, 5) is 16.3. The summed E-state index contributed by atoms with van der Waals surface area (Å²) in [5.74, 6) is 0.00248. The van der Waals surface area contributed by atoms with Crippen molar-refractivity contribution in [1.82, 2.24) is 4.90 Å². The highest BCUT2D eigenvalue weighted by Crippen LogP contribution is 2.25. The van der Waals surface area contributed by atoms with E-state index in [0.717, 1.165) is 13.1 Å². The predicted octanol–water partition coefficient (Wildman–Crippen LogP) is 2.68. The fourth-order valence-electron chi connectivity index (χ4n) is 2.72. The molecule has 1 amide bonds. The minimum Gasteiger partial charge on any atom is -0.371 e. The minimum atomic E-state index is -0.112. The maximum Gasteiger partial charge on any atom is 0.226 e. The van der Waals surface area contributed by atoms with E-state index in [2.05, 4.69) is 23.1 Å². The largest absolute Gasteiger partial charge is 0.371 e. The van der Waals surface area contributed by atoms with Crippen LogP contribution in [0, 0.1) is 5.92 Å². The van der Waals surface area contributed by atoms with Gasteiger partial charge in [-0.25, -0.2) is 0 Å². The Balaban J connectivity index is 0.00000220. The number of carbonyl (C=O) groups excluding carboxylic acids is 1. The molecule has 1 aromatic carbocycles. The van der Waals surface area contributed by atoms with Crippen LogP contribution in [0.4, 0.5) is 5.69 Å². The summed E-state index contributed by atoms with van der Waals surface area (Å²) >= 11 is 0. The molecule has 0 bridgehead atoms. The van der Waals surface area contributed by atoms with E-state index in [-0.39, 0.29) is 36.6 Å². The summed E-state index contributed by atoms with van der Waals surface area (Å²) in [6.45, 7) is 5.17. The molecule has 6 heteroatoms. The van der Waals surface area contributed by atoms with E-state index in [0.29, 0.717) is 13.1 Å². The van der Waals surface area contributed by atoms with E-state index in [9.17, 15) is 4.79 Å². The van der Waals surface area contributed by atoms with E-state index in [1.807, 2.05) is 20.0 Å². The van der Waals surface area contributed by atoms with Gasteiger partial charge in [0.1, 0.15) is 0 Å². The number of benzene rings is 1. The lowest BCUT2D eigenvalue weighted by molar-refractivity contribution is -0.133. The van der Waals surface area contributed by atoms with Crippen LogP contribution in [0.15, 0.2) is 24.3 Å². The van der Waals surface area contributed by atoms with Crippen LogP contribution in [-0.4, -0.2) is 37.5 Å². The van der Waals surface area contributed by atoms with Gasteiger partial charge in [-0.05, 0) is 24.5 Å². The normalized spacial score (nSPS) is 14.8. The first-order chi connectivity index (χ1) is 9.63. The number of amides is 1. The third-order valence-electron chi connectivity index (χ3n) is 4.00. The molecule has 1 aliphatic rings. The average molecular weight is 348 g/mol. The Morgan fingerprint density at radius 1 is 1.27 bits per heavy atom. The van der Waals surface area contributed by atoms with Gasteiger partial charge in [-0.15, -0.1) is 24.8 Å². The number of rotatable bonds is 5. The number of nitrogens with zero attached hydrogens (tertiary/aromatic N) is 2. The van der Waals surface area contributed by atoms with Crippen molar-refractivity contribution in [3.63, 3.8) is 0 Å². The smallest absolute Gasteiger partial charge is 0.226 e. The second-order valence-electron chi connectivity index (χ2n) is 5.65. The molecule has 1 aromatic rings. The summed E-state index contributed by atoms with van der Waals surface area (Å²) in [5.41, 5.74) is 8.06. The quantitative estimate of drug-likeness (QED) is 0.890. The van der Waals surface area contributed by atoms with Crippen LogP contribution in [-0.2, 0) is 11.3 Å². The molecule has 1 unspecified atom stereocenters. The van der Waals surface area contributed by atoms with Gasteiger partial charge < -0.3 is 15.5 Å². The number of nitrogens with two attached hydrogens (primary N) is 1. The molecule has 0 aliphatic carbocycles. The van der Waals surface area contributed by atoms with E-state index >= 15 is 0 Å². The van der Waals surface area contributed by atoms with Crippen molar-refractivity contribution in [2.45, 2.75) is 26.3 Å². The van der Waals surface area contributed by atoms with Crippen LogP contribution < -0.4 is 10.6 Å². The first-order valence-corrected chi connectivity index (χ1v) is 7.41. The van der Waals surface area contributed by atoms with Gasteiger partial charge in [0.2, 0.25) is 5.91 Å². The fraction of sp³-hybridized carbons (Fsp3) is 0.562. The van der Waals surface area contributed by atoms with Crippen LogP contribution in [0.1, 0.15) is 25.3 Å². The summed E-state index contributed by atoms with van der Waals surface area (Å²) in [7, 11) is 1.86. The monoisotopic (exact) mass is 347 g/mol. The Morgan fingerprint density at radius 3 is 2.45 bits per heavy atom. The highest BCUT2D eigenvalue weighted by Gasteiger charge is 2.19. The molecule has 2 N–H and O–H groups in total. The Kier molecular flexibility index (Phi) is 9.49. The Labute approximate surface area is 145 Å². The number of anilines is 1. The number of para-hydroxylation sites is 1. The number of carbonyl (C=O) groups is 1. The summed E-state index contributed by atoms with van der Waals surface area (Å²) in [6.07, 6.45) is 2.51. The van der Waals surface area contributed by atoms with Crippen LogP contribution in [0.25, 0.3) is 0 Å². The highest BCUT2D eigenvalue weighted by atomic mass is 35.5. The molecule has 1 saturated heterocycles. The van der Waals surface area contributed by atoms with Gasteiger partial charge >= 0.3 is 0 Å². The van der Waals surface area contributed by atoms with Crippen LogP contribution >= 0.6 is 24.8 Å². The second kappa shape index (κ2) is 9.93. The summed E-state index contributed by atoms with van der Waals surface area (Å²) < 4.78 is 0. The molecule has 4 nitrogen and oxygen atoms in total. The van der Waals surface area contributed by atoms with Crippen LogP contribution in [0.3, 0.4) is 0 Å². The molecule has 1 aliphatic heterocycles. The lowest BCUT2D eigenvalue weighted by Crippen LogP contribution is -2.35. The van der Waals surface area contributed by atoms with E-state index in [1.165, 1.54) is 24.1 Å². The van der Waals surface area contributed by atoms with Crippen molar-refractivity contribution in [3.05, 3.63) is 29.8 Å². The Morgan fingerprint density at radius 2 is 1.86 bits per heavy atom. The average Bonchev–Trinajstić information content (AvgIpc) is 3.00. The molecular weight excluding hydrogens is 321 g/mol. The SMILES string of the molecule is CC(CN)C(=O)N(C)Cc1ccccc1N1CCCC1.Cl.Cl. The van der Waals surface area contributed by atoms with Gasteiger partial charge in [0.05, 0.1) is 0 Å². The molecule has 1 fully saturated rings. The predicted molar refractivity (Wildman–Crippen MR) is 97.1 cm³/mol. The highest BCUT2D eigenvalue weighted by molar-refractivity contribution is 5.85. The molecule has 1 heterocycles. The van der Waals surface area contributed by atoms with Crippen molar-refractivity contribution in [1.29, 1.82) is 0 Å². The zero-order chi connectivity index (χ0) is 14.5. The summed E-state index contributed by atoms with van der Waals surface area (Å²) in [5, 5.41) is 0. The molecule has 0 radical (unpaired) electrons. The molecule has 126 valence electrons. The lowest BCUT2D eigenvalue weighted by Gasteiger charge is -2.25. The maximum absolute atomic E-state index is 12.1. The zero-order valence-corrected chi connectivity index (χ0v) is 15.0. The maximum atomic E-state index is 12.1. The molecular formula is C16H27Cl2N3O. The first-order valence-electron chi connectivity index (χ1n) is 7.41. The fourth-order valence-corrected chi connectivity index (χ4v) is 2.72. The van der Waals surface area contributed by atoms with Crippen LogP contribution in [0.5, 0.6) is 0 Å². The molecule has 0 spiro atoms. The van der Waals surface area contributed by atoms with Gasteiger partial charge in [0.15, 0.2) is 0 Å². The van der Waals surface area contributed by atoms with Gasteiger partial charge in [0, 0.05) is 44.8 Å². The van der Waals surface area contributed by atoms with Gasteiger partial charge in [-0.2, -0.15) is 0 Å². The molecule has 2 rings (SSSR count). The van der Waals surface area contributed by atoms with Crippen molar-refractivity contribution in [2.75, 3.05) is 31.6 Å².